The van der Waals surface area contributed by atoms with E-state index in [-0.39, 0.29) is 11.9 Å². The number of nitrogens with one attached hydrogen (secondary N) is 2. The van der Waals surface area contributed by atoms with Gasteiger partial charge in [0.2, 0.25) is 0 Å². The molecule has 2 N–H and O–H groups in total. The zero-order valence-corrected chi connectivity index (χ0v) is 14.4. The van der Waals surface area contributed by atoms with E-state index in [2.05, 4.69) is 10.6 Å². The number of nitrogens with zero attached hydrogens (tertiary/aromatic N) is 1. The van der Waals surface area contributed by atoms with E-state index in [4.69, 9.17) is 0 Å². The standard InChI is InChI=1S/C17H21N3O2S/c1-12-4-9-15(23-12)11-19-17(22)18-10-13-5-7-14(8-6-13)16(21)20(2)3/h4-9H,10-11H2,1-3H3,(H2,18,19,22). The third-order valence-electron chi connectivity index (χ3n) is 3.28. The predicted molar refractivity (Wildman–Crippen MR) is 92.6 cm³/mol. The number of thiophene rings is 1. The predicted octanol–water partition coefficient (Wildman–Crippen LogP) is 2.76. The zero-order chi connectivity index (χ0) is 16.8. The van der Waals surface area contributed by atoms with Gasteiger partial charge in [-0.05, 0) is 36.8 Å². The van der Waals surface area contributed by atoms with E-state index in [9.17, 15) is 9.59 Å². The van der Waals surface area contributed by atoms with Crippen LogP contribution in [0.3, 0.4) is 0 Å². The molecule has 1 heterocycles. The number of hydrogen-bond acceptors (Lipinski definition) is 3. The van der Waals surface area contributed by atoms with Gasteiger partial charge in [0.1, 0.15) is 0 Å². The van der Waals surface area contributed by atoms with Gasteiger partial charge in [0.15, 0.2) is 0 Å². The quantitative estimate of drug-likeness (QED) is 0.885. The fourth-order valence-electron chi connectivity index (χ4n) is 2.02. The molecule has 0 aliphatic carbocycles. The maximum atomic E-state index is 11.8. The fourth-order valence-corrected chi connectivity index (χ4v) is 2.85. The van der Waals surface area contributed by atoms with Crippen molar-refractivity contribution in [1.82, 2.24) is 15.5 Å². The number of benzene rings is 1. The van der Waals surface area contributed by atoms with Crippen molar-refractivity contribution in [2.24, 2.45) is 0 Å². The fraction of sp³-hybridized carbons (Fsp3) is 0.294. The first kappa shape index (κ1) is 17.0. The van der Waals surface area contributed by atoms with Crippen molar-refractivity contribution >= 4 is 23.3 Å². The van der Waals surface area contributed by atoms with Crippen molar-refractivity contribution in [3.63, 3.8) is 0 Å². The zero-order valence-electron chi connectivity index (χ0n) is 13.6. The Morgan fingerprint density at radius 3 is 2.22 bits per heavy atom. The molecule has 0 spiro atoms. The van der Waals surface area contributed by atoms with E-state index in [1.165, 1.54) is 9.78 Å². The second-order valence-electron chi connectivity index (χ2n) is 5.45. The highest BCUT2D eigenvalue weighted by Crippen LogP contribution is 2.14. The van der Waals surface area contributed by atoms with Crippen LogP contribution in [0.1, 0.15) is 25.7 Å². The number of amides is 3. The Morgan fingerprint density at radius 2 is 1.65 bits per heavy atom. The van der Waals surface area contributed by atoms with Gasteiger partial charge in [-0.3, -0.25) is 4.79 Å². The van der Waals surface area contributed by atoms with Gasteiger partial charge in [-0.25, -0.2) is 4.79 Å². The van der Waals surface area contributed by atoms with Crippen molar-refractivity contribution in [2.75, 3.05) is 14.1 Å². The molecule has 1 aromatic carbocycles. The number of rotatable bonds is 5. The summed E-state index contributed by atoms with van der Waals surface area (Å²) in [5, 5.41) is 5.63. The lowest BCUT2D eigenvalue weighted by Gasteiger charge is -2.11. The Labute approximate surface area is 140 Å². The average molecular weight is 331 g/mol. The maximum Gasteiger partial charge on any atom is 0.315 e. The molecule has 2 rings (SSSR count). The van der Waals surface area contributed by atoms with Crippen LogP contribution in [-0.2, 0) is 13.1 Å². The molecule has 3 amide bonds. The highest BCUT2D eigenvalue weighted by Gasteiger charge is 2.07. The van der Waals surface area contributed by atoms with Crippen molar-refractivity contribution in [3.8, 4) is 0 Å². The Kier molecular flexibility index (Phi) is 5.76. The molecule has 0 saturated heterocycles. The van der Waals surface area contributed by atoms with Crippen molar-refractivity contribution in [1.29, 1.82) is 0 Å². The summed E-state index contributed by atoms with van der Waals surface area (Å²) in [5.74, 6) is -0.0338. The molecule has 0 aliphatic heterocycles. The summed E-state index contributed by atoms with van der Waals surface area (Å²) in [6.45, 7) is 2.99. The first-order valence-corrected chi connectivity index (χ1v) is 8.15. The highest BCUT2D eigenvalue weighted by atomic mass is 32.1. The third kappa shape index (κ3) is 5.10. The minimum Gasteiger partial charge on any atom is -0.345 e. The number of urea groups is 1. The van der Waals surface area contributed by atoms with Crippen LogP contribution in [-0.4, -0.2) is 30.9 Å². The minimum atomic E-state index is -0.204. The smallest absolute Gasteiger partial charge is 0.315 e. The van der Waals surface area contributed by atoms with Gasteiger partial charge in [-0.15, -0.1) is 11.3 Å². The number of aryl methyl sites for hydroxylation is 1. The Bertz CT molecular complexity index is 677. The van der Waals surface area contributed by atoms with Gasteiger partial charge in [0, 0.05) is 36.0 Å². The van der Waals surface area contributed by atoms with Gasteiger partial charge in [0.25, 0.3) is 5.91 Å². The molecule has 2 aromatic rings. The van der Waals surface area contributed by atoms with Crippen molar-refractivity contribution in [2.45, 2.75) is 20.0 Å². The lowest BCUT2D eigenvalue weighted by atomic mass is 10.1. The molecule has 0 saturated carbocycles. The molecule has 5 nitrogen and oxygen atoms in total. The Balaban J connectivity index is 1.78. The average Bonchev–Trinajstić information content (AvgIpc) is 2.96. The first-order chi connectivity index (χ1) is 11.0. The minimum absolute atomic E-state index is 0.0338. The van der Waals surface area contributed by atoms with Crippen molar-refractivity contribution < 1.29 is 9.59 Å². The van der Waals surface area contributed by atoms with E-state index in [1.54, 1.807) is 37.6 Å². The summed E-state index contributed by atoms with van der Waals surface area (Å²) < 4.78 is 0. The molecule has 0 aliphatic rings. The number of carbonyl (C=O) groups excluding carboxylic acids is 2. The van der Waals surface area contributed by atoms with Gasteiger partial charge in [-0.1, -0.05) is 12.1 Å². The van der Waals surface area contributed by atoms with Crippen LogP contribution < -0.4 is 10.6 Å². The summed E-state index contributed by atoms with van der Waals surface area (Å²) >= 11 is 1.67. The third-order valence-corrected chi connectivity index (χ3v) is 4.28. The van der Waals surface area contributed by atoms with Gasteiger partial charge < -0.3 is 15.5 Å². The number of carbonyl (C=O) groups is 2. The van der Waals surface area contributed by atoms with Crippen LogP contribution in [0.15, 0.2) is 36.4 Å². The molecule has 6 heteroatoms. The molecule has 0 radical (unpaired) electrons. The summed E-state index contributed by atoms with van der Waals surface area (Å²) in [5.41, 5.74) is 1.58. The van der Waals surface area contributed by atoms with E-state index in [0.717, 1.165) is 10.4 Å². The molecule has 0 atom stereocenters. The molecular formula is C17H21N3O2S. The second kappa shape index (κ2) is 7.78. The van der Waals surface area contributed by atoms with E-state index in [0.29, 0.717) is 18.7 Å². The summed E-state index contributed by atoms with van der Waals surface area (Å²) in [4.78, 5) is 27.5. The first-order valence-electron chi connectivity index (χ1n) is 7.33. The molecule has 1 aromatic heterocycles. The normalized spacial score (nSPS) is 10.2. The topological polar surface area (TPSA) is 61.4 Å². The molecular weight excluding hydrogens is 310 g/mol. The van der Waals surface area contributed by atoms with Crippen LogP contribution in [0.4, 0.5) is 4.79 Å². The Morgan fingerprint density at radius 1 is 1.00 bits per heavy atom. The van der Waals surface area contributed by atoms with Crippen LogP contribution in [0.25, 0.3) is 0 Å². The lowest BCUT2D eigenvalue weighted by Crippen LogP contribution is -2.34. The van der Waals surface area contributed by atoms with Crippen LogP contribution in [0, 0.1) is 6.92 Å². The second-order valence-corrected chi connectivity index (χ2v) is 6.82. The molecule has 0 fully saturated rings. The van der Waals surface area contributed by atoms with E-state index >= 15 is 0 Å². The molecule has 122 valence electrons. The maximum absolute atomic E-state index is 11.8. The van der Waals surface area contributed by atoms with Crippen LogP contribution >= 0.6 is 11.3 Å². The number of hydrogen-bond donors (Lipinski definition) is 2. The van der Waals surface area contributed by atoms with Crippen LogP contribution in [0.2, 0.25) is 0 Å². The SMILES string of the molecule is Cc1ccc(CNC(=O)NCc2ccc(C(=O)N(C)C)cc2)s1. The van der Waals surface area contributed by atoms with Crippen LogP contribution in [0.5, 0.6) is 0 Å². The summed E-state index contributed by atoms with van der Waals surface area (Å²) in [6, 6.07) is 11.1. The lowest BCUT2D eigenvalue weighted by molar-refractivity contribution is 0.0827. The highest BCUT2D eigenvalue weighted by molar-refractivity contribution is 7.11. The summed E-state index contributed by atoms with van der Waals surface area (Å²) in [7, 11) is 3.44. The van der Waals surface area contributed by atoms with Gasteiger partial charge in [-0.2, -0.15) is 0 Å². The molecule has 0 unspecified atom stereocenters. The Hall–Kier alpha value is -2.34. The van der Waals surface area contributed by atoms with E-state index < -0.39 is 0 Å². The molecule has 0 bridgehead atoms. The monoisotopic (exact) mass is 331 g/mol. The molecule has 23 heavy (non-hydrogen) atoms. The van der Waals surface area contributed by atoms with Crippen molar-refractivity contribution in [3.05, 3.63) is 57.3 Å². The summed E-state index contributed by atoms with van der Waals surface area (Å²) in [6.07, 6.45) is 0. The largest absolute Gasteiger partial charge is 0.345 e. The van der Waals surface area contributed by atoms with Gasteiger partial charge in [0.05, 0.1) is 6.54 Å². The van der Waals surface area contributed by atoms with E-state index in [1.807, 2.05) is 31.2 Å². The van der Waals surface area contributed by atoms with Gasteiger partial charge >= 0.3 is 6.03 Å².